The number of nitrogens with zero attached hydrogens (tertiary/aromatic N) is 5. The molecule has 0 bridgehead atoms. The first-order valence-electron chi connectivity index (χ1n) is 14.4. The number of hydrogen-bond acceptors (Lipinski definition) is 9. The third-order valence-corrected chi connectivity index (χ3v) is 10.4. The van der Waals surface area contributed by atoms with Gasteiger partial charge in [-0.1, -0.05) is 23.7 Å². The van der Waals surface area contributed by atoms with Crippen LogP contribution in [0.4, 0.5) is 32.8 Å². The molecule has 3 atom stereocenters. The van der Waals surface area contributed by atoms with Gasteiger partial charge in [-0.25, -0.2) is 22.0 Å². The van der Waals surface area contributed by atoms with Crippen molar-refractivity contribution in [2.24, 2.45) is 0 Å². The van der Waals surface area contributed by atoms with E-state index in [-0.39, 0.29) is 110 Å². The minimum atomic E-state index is -2.83. The van der Waals surface area contributed by atoms with E-state index in [0.717, 1.165) is 23.8 Å². The van der Waals surface area contributed by atoms with Gasteiger partial charge in [0.15, 0.2) is 11.6 Å². The molecule has 3 aliphatic heterocycles. The molecule has 4 aromatic rings. The normalized spacial score (nSPS) is 22.2. The Morgan fingerprint density at radius 2 is 2.09 bits per heavy atom. The topological polar surface area (TPSA) is 101 Å². The molecule has 2 aromatic carbocycles. The van der Waals surface area contributed by atoms with Gasteiger partial charge in [-0.15, -0.1) is 11.3 Å². The molecule has 2 N–H and O–H groups in total. The van der Waals surface area contributed by atoms with Gasteiger partial charge < -0.3 is 26.2 Å². The van der Waals surface area contributed by atoms with Crippen LogP contribution in [0.1, 0.15) is 24.8 Å². The van der Waals surface area contributed by atoms with Gasteiger partial charge in [0.05, 0.1) is 39.4 Å². The number of anilines is 2. The number of hydrogen-bond donors (Lipinski definition) is 1. The number of alkyl halides is 3. The summed E-state index contributed by atoms with van der Waals surface area (Å²) in [6.07, 6.45) is 0.581. The van der Waals surface area contributed by atoms with Crippen LogP contribution in [0.2, 0.25) is 5.02 Å². The maximum Gasteiger partial charge on any atom is 0.319 e. The van der Waals surface area contributed by atoms with E-state index in [1.165, 1.54) is 11.0 Å². The molecule has 0 amide bonds. The van der Waals surface area contributed by atoms with Crippen LogP contribution in [-0.4, -0.2) is 71.9 Å². The van der Waals surface area contributed by atoms with E-state index in [2.05, 4.69) is 22.6 Å². The average Bonchev–Trinajstić information content (AvgIpc) is 3.63. The zero-order chi connectivity index (χ0) is 32.5. The van der Waals surface area contributed by atoms with Gasteiger partial charge in [0.25, 0.3) is 6.43 Å². The molecule has 0 spiro atoms. The summed E-state index contributed by atoms with van der Waals surface area (Å²) >= 11 is 7.69. The molecule has 7 rings (SSSR count). The number of nitrogens with two attached hydrogens (primary N) is 1. The first-order valence-corrected chi connectivity index (χ1v) is 15.6. The molecule has 2 saturated heterocycles. The van der Waals surface area contributed by atoms with E-state index in [0.29, 0.717) is 13.0 Å². The summed E-state index contributed by atoms with van der Waals surface area (Å²) in [5.74, 6) is -1.93. The Hall–Kier alpha value is -3.35. The number of benzene rings is 2. The fraction of sp³-hybridized carbons (Fsp3) is 0.387. The van der Waals surface area contributed by atoms with Crippen LogP contribution in [-0.2, 0) is 18.6 Å². The fourth-order valence-corrected chi connectivity index (χ4v) is 8.25. The SMILES string of the molecule is C=[C-][C@H]1COc2c(Cl)c(-c3ccc(F)c4sc(N)c(C#N)c34)c(F)c3nc(OC[C@@]45CCCN4C[C@H](F)C5)nc(c23)N1CC(F)F.[V]. The summed E-state index contributed by atoms with van der Waals surface area (Å²) in [7, 11) is 0. The molecule has 8 nitrogen and oxygen atoms in total. The minimum absolute atomic E-state index is 0. The van der Waals surface area contributed by atoms with Crippen LogP contribution in [0.25, 0.3) is 32.1 Å². The second-order valence-electron chi connectivity index (χ2n) is 11.6. The van der Waals surface area contributed by atoms with Crippen molar-refractivity contribution in [3.63, 3.8) is 0 Å². The van der Waals surface area contributed by atoms with Crippen LogP contribution >= 0.6 is 22.9 Å². The molecule has 5 heterocycles. The predicted molar refractivity (Wildman–Crippen MR) is 164 cm³/mol. The molecular formula is C31H25ClF5N6O2SV-. The number of nitriles is 1. The van der Waals surface area contributed by atoms with E-state index < -0.39 is 42.4 Å². The largest absolute Gasteiger partial charge is 0.492 e. The predicted octanol–water partition coefficient (Wildman–Crippen LogP) is 6.67. The Morgan fingerprint density at radius 3 is 2.81 bits per heavy atom. The molecule has 1 radical (unpaired) electrons. The van der Waals surface area contributed by atoms with Gasteiger partial charge in [0, 0.05) is 42.5 Å². The Bertz CT molecular complexity index is 1960. The Labute approximate surface area is 286 Å². The molecule has 0 aliphatic carbocycles. The number of halogens is 6. The zero-order valence-corrected chi connectivity index (χ0v) is 27.5. The van der Waals surface area contributed by atoms with Crippen molar-refractivity contribution in [1.82, 2.24) is 14.9 Å². The number of thiophene rings is 1. The maximum atomic E-state index is 17.0. The van der Waals surface area contributed by atoms with Crippen LogP contribution in [0.15, 0.2) is 18.7 Å². The number of ether oxygens (including phenoxy) is 2. The Kier molecular flexibility index (Phi) is 8.99. The zero-order valence-electron chi connectivity index (χ0n) is 24.5. The smallest absolute Gasteiger partial charge is 0.319 e. The molecule has 47 heavy (non-hydrogen) atoms. The second kappa shape index (κ2) is 12.6. The summed E-state index contributed by atoms with van der Waals surface area (Å²) in [5.41, 5.74) is 4.78. The van der Waals surface area contributed by atoms with Crippen molar-refractivity contribution in [3.8, 4) is 29.0 Å². The number of fused-ring (bicyclic) bond motifs is 2. The van der Waals surface area contributed by atoms with E-state index in [4.69, 9.17) is 26.8 Å². The van der Waals surface area contributed by atoms with Crippen molar-refractivity contribution in [2.75, 3.05) is 43.5 Å². The number of aromatic nitrogens is 2. The second-order valence-corrected chi connectivity index (χ2v) is 13.0. The van der Waals surface area contributed by atoms with Crippen molar-refractivity contribution < 1.29 is 50.0 Å². The number of rotatable bonds is 7. The first kappa shape index (κ1) is 33.6. The monoisotopic (exact) mass is 726 g/mol. The number of nitrogen functional groups attached to an aromatic ring is 1. The summed E-state index contributed by atoms with van der Waals surface area (Å²) in [6.45, 7) is 3.52. The van der Waals surface area contributed by atoms with Gasteiger partial charge in [-0.3, -0.25) is 11.5 Å². The van der Waals surface area contributed by atoms with E-state index >= 15 is 4.39 Å². The standard InChI is InChI=1S/C31H25ClF5N6O2S.V/c1-2-15-12-44-26-22-25(24(37)21(23(26)32)16-4-5-18(34)27-20(16)17(9-38)28(39)46-27)40-30(41-29(22)43(15)11-19(35)36)45-13-31-6-3-7-42(31)10-14(33)8-31;/h4-5,14-15,19H,1,3,6-8,10-13,39H2;/q-1;/t14-,15+,31+;/m1./s1. The van der Waals surface area contributed by atoms with Crippen LogP contribution in [0.5, 0.6) is 11.8 Å². The van der Waals surface area contributed by atoms with Gasteiger partial charge in [0.1, 0.15) is 41.0 Å². The molecule has 2 aromatic heterocycles. The van der Waals surface area contributed by atoms with Gasteiger partial charge >= 0.3 is 6.01 Å². The van der Waals surface area contributed by atoms with Crippen molar-refractivity contribution in [2.45, 2.75) is 43.4 Å². The van der Waals surface area contributed by atoms with Crippen molar-refractivity contribution >= 4 is 54.7 Å². The Morgan fingerprint density at radius 1 is 1.30 bits per heavy atom. The summed E-state index contributed by atoms with van der Waals surface area (Å²) in [6, 6.07) is 3.05. The summed E-state index contributed by atoms with van der Waals surface area (Å²) in [4.78, 5) is 12.0. The van der Waals surface area contributed by atoms with E-state index in [9.17, 15) is 22.8 Å². The maximum absolute atomic E-state index is 17.0. The summed E-state index contributed by atoms with van der Waals surface area (Å²) in [5, 5.41) is 9.57. The van der Waals surface area contributed by atoms with E-state index in [1.807, 2.05) is 11.0 Å². The van der Waals surface area contributed by atoms with Crippen LogP contribution < -0.4 is 20.1 Å². The molecule has 2 fully saturated rings. The first-order chi connectivity index (χ1) is 22.1. The molecular weight excluding hydrogens is 702 g/mol. The van der Waals surface area contributed by atoms with Crippen molar-refractivity contribution in [3.05, 3.63) is 47.0 Å². The molecule has 245 valence electrons. The van der Waals surface area contributed by atoms with Gasteiger partial charge in [0.2, 0.25) is 0 Å². The van der Waals surface area contributed by atoms with Crippen LogP contribution in [0, 0.1) is 29.0 Å². The van der Waals surface area contributed by atoms with Gasteiger partial charge in [-0.05, 0) is 31.0 Å². The average molecular weight is 727 g/mol. The van der Waals surface area contributed by atoms with E-state index in [1.54, 1.807) is 0 Å². The summed E-state index contributed by atoms with van der Waals surface area (Å²) < 4.78 is 86.2. The van der Waals surface area contributed by atoms with Gasteiger partial charge in [-0.2, -0.15) is 15.2 Å². The quantitative estimate of drug-likeness (QED) is 0.167. The molecule has 3 aliphatic rings. The third kappa shape index (κ3) is 5.36. The fourth-order valence-electron chi connectivity index (χ4n) is 6.97. The van der Waals surface area contributed by atoms with Crippen molar-refractivity contribution in [1.29, 1.82) is 5.26 Å². The minimum Gasteiger partial charge on any atom is -0.492 e. The molecule has 0 saturated carbocycles. The third-order valence-electron chi connectivity index (χ3n) is 8.98. The van der Waals surface area contributed by atoms with Crippen LogP contribution in [0.3, 0.4) is 0 Å². The Balaban J connectivity index is 0.00000386. The molecule has 0 unspecified atom stereocenters. The molecule has 16 heteroatoms.